The molecule has 2 aliphatic rings. The molecular formula is C20H22N9O7S3+. The fourth-order valence-electron chi connectivity index (χ4n) is 3.63. The number of thiazole rings is 1. The van der Waals surface area contributed by atoms with E-state index in [1.807, 2.05) is 0 Å². The minimum atomic E-state index is -1.31. The fraction of sp³-hybridized carbons (Fsp3) is 0.300. The first kappa shape index (κ1) is 27.9. The second-order valence-corrected chi connectivity index (χ2v) is 11.0. The summed E-state index contributed by atoms with van der Waals surface area (Å²) in [4.78, 5) is 62.7. The molecule has 4 heterocycles. The molecule has 2 aliphatic heterocycles. The van der Waals surface area contributed by atoms with Gasteiger partial charge in [0, 0.05) is 23.0 Å². The van der Waals surface area contributed by atoms with Gasteiger partial charge in [0.2, 0.25) is 12.4 Å². The molecule has 1 fully saturated rings. The van der Waals surface area contributed by atoms with Crippen molar-refractivity contribution in [3.63, 3.8) is 0 Å². The number of rotatable bonds is 10. The number of thioether (sulfide) groups is 2. The van der Waals surface area contributed by atoms with Crippen molar-refractivity contribution in [2.75, 3.05) is 35.3 Å². The van der Waals surface area contributed by atoms with Crippen LogP contribution in [-0.2, 0) is 31.1 Å². The van der Waals surface area contributed by atoms with Crippen LogP contribution in [0.2, 0.25) is 0 Å². The van der Waals surface area contributed by atoms with E-state index in [-0.39, 0.29) is 45.5 Å². The summed E-state index contributed by atoms with van der Waals surface area (Å²) in [6, 6.07) is 0.542. The minimum absolute atomic E-state index is 0.0243. The van der Waals surface area contributed by atoms with E-state index in [0.29, 0.717) is 10.6 Å². The second-order valence-electron chi connectivity index (χ2n) is 8.02. The number of nitrogens with one attached hydrogen (secondary N) is 1. The molecule has 4 rings (SSSR count). The molecular weight excluding hydrogens is 574 g/mol. The van der Waals surface area contributed by atoms with Crippen LogP contribution >= 0.6 is 34.9 Å². The van der Waals surface area contributed by atoms with Crippen LogP contribution in [0, 0.1) is 0 Å². The van der Waals surface area contributed by atoms with Gasteiger partial charge in [-0.2, -0.15) is 0 Å². The number of nitrogen functional groups attached to an aromatic ring is 3. The summed E-state index contributed by atoms with van der Waals surface area (Å²) in [5, 5.41) is 26.3. The lowest BCUT2D eigenvalue weighted by Gasteiger charge is -2.49. The number of amides is 2. The van der Waals surface area contributed by atoms with Crippen LogP contribution in [0.3, 0.4) is 0 Å². The lowest BCUT2D eigenvalue weighted by atomic mass is 10.0. The zero-order valence-corrected chi connectivity index (χ0v) is 22.5. The van der Waals surface area contributed by atoms with Crippen molar-refractivity contribution in [1.82, 2.24) is 20.2 Å². The summed E-state index contributed by atoms with van der Waals surface area (Å²) >= 11 is 3.59. The zero-order chi connectivity index (χ0) is 28.4. The number of hydrogen-bond acceptors (Lipinski definition) is 14. The summed E-state index contributed by atoms with van der Waals surface area (Å²) in [6.07, 6.45) is 0. The molecule has 1 saturated heterocycles. The number of nitrogens with two attached hydrogens (primary N) is 3. The van der Waals surface area contributed by atoms with E-state index in [2.05, 4.69) is 20.4 Å². The van der Waals surface area contributed by atoms with Gasteiger partial charge < -0.3 is 31.8 Å². The molecule has 0 radical (unpaired) electrons. The molecule has 0 aromatic carbocycles. The Kier molecular flexibility index (Phi) is 8.11. The lowest BCUT2D eigenvalue weighted by Crippen LogP contribution is -2.71. The highest BCUT2D eigenvalue weighted by atomic mass is 32.2. The minimum Gasteiger partial charge on any atom is -0.479 e. The van der Waals surface area contributed by atoms with E-state index in [1.165, 1.54) is 28.9 Å². The molecule has 2 atom stereocenters. The molecule has 0 bridgehead atoms. The fourth-order valence-corrected chi connectivity index (χ4v) is 6.71. The molecule has 2 aromatic heterocycles. The van der Waals surface area contributed by atoms with Gasteiger partial charge in [0.1, 0.15) is 27.8 Å². The number of β-lactam (4-membered cyclic amide) rings is 1. The third-order valence-corrected chi connectivity index (χ3v) is 8.64. The largest absolute Gasteiger partial charge is 0.479 e. The summed E-state index contributed by atoms with van der Waals surface area (Å²) in [5.74, 6) is -3.18. The van der Waals surface area contributed by atoms with Gasteiger partial charge in [-0.25, -0.2) is 19.1 Å². The van der Waals surface area contributed by atoms with Crippen LogP contribution in [0.15, 0.2) is 32.9 Å². The number of fused-ring (bicyclic) bond motifs is 1. The molecule has 16 nitrogen and oxygen atoms in total. The van der Waals surface area contributed by atoms with Crippen molar-refractivity contribution in [3.8, 4) is 0 Å². The SMILES string of the molecule is C[n+]1c(SCC2=C(C(=O)O)N3C(=O)[C@@H](NC(=O)/C(=N\OCC(=O)O)c4csc(N)n4)[C@H]3SC2)cc(N)nc1N. The van der Waals surface area contributed by atoms with Crippen molar-refractivity contribution < 1.29 is 38.8 Å². The zero-order valence-electron chi connectivity index (χ0n) is 20.1. The maximum absolute atomic E-state index is 13.0. The quantitative estimate of drug-likeness (QED) is 0.0453. The lowest BCUT2D eigenvalue weighted by molar-refractivity contribution is -0.696. The topological polar surface area (TPSA) is 253 Å². The van der Waals surface area contributed by atoms with Gasteiger partial charge in [0.15, 0.2) is 10.8 Å². The van der Waals surface area contributed by atoms with E-state index in [0.717, 1.165) is 16.2 Å². The van der Waals surface area contributed by atoms with E-state index < -0.39 is 41.8 Å². The van der Waals surface area contributed by atoms with Crippen molar-refractivity contribution in [1.29, 1.82) is 0 Å². The Balaban J connectivity index is 1.51. The average Bonchev–Trinajstić information content (AvgIpc) is 3.30. The first-order chi connectivity index (χ1) is 18.5. The maximum atomic E-state index is 13.0. The van der Waals surface area contributed by atoms with Crippen LogP contribution in [0.25, 0.3) is 0 Å². The molecule has 19 heteroatoms. The van der Waals surface area contributed by atoms with Gasteiger partial charge >= 0.3 is 17.9 Å². The summed E-state index contributed by atoms with van der Waals surface area (Å²) in [7, 11) is 1.69. The van der Waals surface area contributed by atoms with Crippen molar-refractivity contribution >= 4 is 81.2 Å². The third-order valence-electron chi connectivity index (χ3n) is 5.44. The van der Waals surface area contributed by atoms with Gasteiger partial charge in [0.05, 0.1) is 7.05 Å². The molecule has 0 aliphatic carbocycles. The smallest absolute Gasteiger partial charge is 0.392 e. The first-order valence-electron chi connectivity index (χ1n) is 10.9. The van der Waals surface area contributed by atoms with Crippen molar-refractivity contribution in [2.45, 2.75) is 16.4 Å². The predicted molar refractivity (Wildman–Crippen MR) is 141 cm³/mol. The Labute approximate surface area is 232 Å². The Hall–Kier alpha value is -4.10. The summed E-state index contributed by atoms with van der Waals surface area (Å²) in [6.45, 7) is -0.810. The molecule has 0 spiro atoms. The van der Waals surface area contributed by atoms with E-state index >= 15 is 0 Å². The molecule has 0 saturated carbocycles. The van der Waals surface area contributed by atoms with Crippen LogP contribution in [0.4, 0.5) is 16.9 Å². The van der Waals surface area contributed by atoms with Crippen molar-refractivity contribution in [3.05, 3.63) is 28.4 Å². The number of carbonyl (C=O) groups is 4. The number of aromatic nitrogens is 3. The Bertz CT molecular complexity index is 1430. The van der Waals surface area contributed by atoms with Crippen molar-refractivity contribution in [2.24, 2.45) is 12.2 Å². The monoisotopic (exact) mass is 596 g/mol. The number of oxime groups is 1. The van der Waals surface area contributed by atoms with Crippen LogP contribution < -0.4 is 27.1 Å². The second kappa shape index (κ2) is 11.3. The average molecular weight is 597 g/mol. The molecule has 39 heavy (non-hydrogen) atoms. The molecule has 206 valence electrons. The summed E-state index contributed by atoms with van der Waals surface area (Å²) < 4.78 is 1.61. The Morgan fingerprint density at radius 3 is 2.69 bits per heavy atom. The number of carboxylic acids is 2. The molecule has 9 N–H and O–H groups in total. The Morgan fingerprint density at radius 2 is 2.05 bits per heavy atom. The normalized spacial score (nSPS) is 18.8. The van der Waals surface area contributed by atoms with Gasteiger partial charge in [-0.05, 0) is 5.57 Å². The molecule has 2 amide bonds. The number of carbonyl (C=O) groups excluding carboxylic acids is 2. The number of anilines is 3. The molecule has 2 aromatic rings. The van der Waals surface area contributed by atoms with Gasteiger partial charge in [-0.3, -0.25) is 20.2 Å². The van der Waals surface area contributed by atoms with E-state index in [9.17, 15) is 24.3 Å². The number of aliphatic carboxylic acids is 2. The number of nitrogens with zero attached hydrogens (tertiary/aromatic N) is 5. The highest BCUT2D eigenvalue weighted by Crippen LogP contribution is 2.41. The maximum Gasteiger partial charge on any atom is 0.392 e. The number of hydrogen-bond donors (Lipinski definition) is 6. The standard InChI is InChI=1S/C20H21N9O7S3/c1-28-10(2-9(21)25-19(28)22)37-4-7-5-38-17-13(16(33)29(17)14(7)18(34)35)26-15(32)12(27-36-3-11(30)31)8-6-39-20(23)24-8/h2,6,13,17H,3-5H2,1H3,(H8,21,22,23,24,25,26,30,31,32,34,35)/p+1/b27-12-/t13-,17-/m1/s1. The van der Waals surface area contributed by atoms with Crippen LogP contribution in [0.5, 0.6) is 0 Å². The van der Waals surface area contributed by atoms with Gasteiger partial charge in [-0.1, -0.05) is 21.9 Å². The van der Waals surface area contributed by atoms with E-state index in [1.54, 1.807) is 17.7 Å². The third kappa shape index (κ3) is 5.83. The highest BCUT2D eigenvalue weighted by Gasteiger charge is 2.54. The first-order valence-corrected chi connectivity index (χ1v) is 13.8. The van der Waals surface area contributed by atoms with Gasteiger partial charge in [0.25, 0.3) is 11.8 Å². The summed E-state index contributed by atoms with van der Waals surface area (Å²) in [5.41, 5.74) is 17.2. The van der Waals surface area contributed by atoms with Crippen LogP contribution in [-0.4, -0.2) is 84.1 Å². The van der Waals surface area contributed by atoms with Crippen LogP contribution in [0.1, 0.15) is 5.69 Å². The van der Waals surface area contributed by atoms with E-state index in [4.69, 9.17) is 27.1 Å². The predicted octanol–water partition coefficient (Wildman–Crippen LogP) is -1.55. The molecule has 0 unspecified atom stereocenters. The highest BCUT2D eigenvalue weighted by molar-refractivity contribution is 8.01. The van der Waals surface area contributed by atoms with Gasteiger partial charge in [-0.15, -0.1) is 23.1 Å². The number of carboxylic acid groups (broad SMARTS) is 2. The Morgan fingerprint density at radius 1 is 1.31 bits per heavy atom.